The summed E-state index contributed by atoms with van der Waals surface area (Å²) in [5, 5.41) is 9.42. The molecule has 1 aromatic heterocycles. The van der Waals surface area contributed by atoms with E-state index in [-0.39, 0.29) is 23.9 Å². The van der Waals surface area contributed by atoms with Gasteiger partial charge in [0.05, 0.1) is 6.04 Å². The molecule has 0 spiro atoms. The van der Waals surface area contributed by atoms with E-state index in [1.54, 1.807) is 11.9 Å². The average Bonchev–Trinajstić information content (AvgIpc) is 3.54. The quantitative estimate of drug-likeness (QED) is 0.619. The molecular formula is C25H27ClN2O4. The number of halogens is 1. The Labute approximate surface area is 191 Å². The number of carboxylic acid groups (broad SMARTS) is 1. The van der Waals surface area contributed by atoms with Gasteiger partial charge in [0, 0.05) is 41.7 Å². The van der Waals surface area contributed by atoms with Gasteiger partial charge in [-0.15, -0.1) is 0 Å². The third-order valence-corrected chi connectivity index (χ3v) is 6.70. The molecule has 4 rings (SSSR count). The zero-order valence-electron chi connectivity index (χ0n) is 18.1. The van der Waals surface area contributed by atoms with Crippen LogP contribution in [-0.4, -0.2) is 40.0 Å². The van der Waals surface area contributed by atoms with Crippen molar-refractivity contribution in [3.05, 3.63) is 74.2 Å². The van der Waals surface area contributed by atoms with Crippen molar-refractivity contribution >= 4 is 29.1 Å². The van der Waals surface area contributed by atoms with E-state index in [4.69, 9.17) is 16.7 Å². The second-order valence-corrected chi connectivity index (χ2v) is 9.08. The van der Waals surface area contributed by atoms with E-state index in [9.17, 15) is 14.4 Å². The molecule has 2 N–H and O–H groups in total. The van der Waals surface area contributed by atoms with Crippen molar-refractivity contribution in [2.75, 3.05) is 7.05 Å². The van der Waals surface area contributed by atoms with Gasteiger partial charge in [0.25, 0.3) is 5.56 Å². The minimum Gasteiger partial charge on any atom is -0.481 e. The van der Waals surface area contributed by atoms with E-state index < -0.39 is 5.97 Å². The summed E-state index contributed by atoms with van der Waals surface area (Å²) < 4.78 is 0. The number of pyridine rings is 1. The number of rotatable bonds is 8. The van der Waals surface area contributed by atoms with E-state index in [1.165, 1.54) is 0 Å². The Morgan fingerprint density at radius 2 is 2.00 bits per heavy atom. The van der Waals surface area contributed by atoms with Crippen molar-refractivity contribution in [1.29, 1.82) is 0 Å². The Kier molecular flexibility index (Phi) is 6.51. The predicted octanol–water partition coefficient (Wildman–Crippen LogP) is 4.37. The molecule has 1 aliphatic carbocycles. The summed E-state index contributed by atoms with van der Waals surface area (Å²) in [6.07, 6.45) is 6.57. The van der Waals surface area contributed by atoms with E-state index >= 15 is 0 Å². The highest BCUT2D eigenvalue weighted by Crippen LogP contribution is 2.38. The van der Waals surface area contributed by atoms with Crippen LogP contribution in [0, 0.1) is 0 Å². The van der Waals surface area contributed by atoms with E-state index in [0.29, 0.717) is 35.9 Å². The zero-order valence-corrected chi connectivity index (χ0v) is 18.8. The number of carbonyl (C=O) groups excluding carboxylic acids is 1. The predicted molar refractivity (Wildman–Crippen MR) is 124 cm³/mol. The lowest BCUT2D eigenvalue weighted by atomic mass is 9.96. The van der Waals surface area contributed by atoms with Crippen LogP contribution in [0.5, 0.6) is 0 Å². The first kappa shape index (κ1) is 22.3. The summed E-state index contributed by atoms with van der Waals surface area (Å²) in [7, 11) is 1.80. The molecule has 1 saturated heterocycles. The molecule has 6 nitrogen and oxygen atoms in total. The number of carboxylic acids is 1. The molecule has 1 aliphatic heterocycles. The first-order valence-electron chi connectivity index (χ1n) is 11.0. The van der Waals surface area contributed by atoms with Gasteiger partial charge in [-0.2, -0.15) is 0 Å². The Morgan fingerprint density at radius 1 is 1.22 bits per heavy atom. The number of hydrogen-bond acceptors (Lipinski definition) is 3. The number of nitrogens with one attached hydrogen (secondary N) is 1. The lowest BCUT2D eigenvalue weighted by molar-refractivity contribution is -0.137. The first-order valence-corrected chi connectivity index (χ1v) is 11.4. The Bertz CT molecular complexity index is 1130. The molecule has 2 aromatic rings. The normalized spacial score (nSPS) is 18.9. The van der Waals surface area contributed by atoms with Gasteiger partial charge in [0.1, 0.15) is 0 Å². The van der Waals surface area contributed by atoms with Gasteiger partial charge < -0.3 is 15.0 Å². The molecule has 2 heterocycles. The Hall–Kier alpha value is -2.86. The largest absolute Gasteiger partial charge is 0.481 e. The molecular weight excluding hydrogens is 428 g/mol. The van der Waals surface area contributed by atoms with Crippen LogP contribution in [-0.2, 0) is 16.0 Å². The average molecular weight is 455 g/mol. The summed E-state index contributed by atoms with van der Waals surface area (Å²) in [5.74, 6) is -0.356. The molecule has 0 radical (unpaired) electrons. The summed E-state index contributed by atoms with van der Waals surface area (Å²) in [4.78, 5) is 40.3. The fourth-order valence-electron chi connectivity index (χ4n) is 4.26. The van der Waals surface area contributed by atoms with Gasteiger partial charge in [-0.1, -0.05) is 35.9 Å². The van der Waals surface area contributed by atoms with Gasteiger partial charge in [-0.25, -0.2) is 0 Å². The standard InChI is InChI=1S/C25H27ClN2O4/c1-28-18(9-12-23(28)29)14-20(22-11-10-19(15-5-6-15)25(32)27-22)17-8-7-16(21(26)13-17)3-2-4-24(30)31/h7-8,10-11,13-15,18H,2-6,9,12H2,1H3,(H,27,32)(H,30,31)/b20-14+/t18-/m1/s1. The van der Waals surface area contributed by atoms with E-state index in [0.717, 1.165) is 41.5 Å². The lowest BCUT2D eigenvalue weighted by Crippen LogP contribution is -2.27. The van der Waals surface area contributed by atoms with Crippen molar-refractivity contribution in [2.24, 2.45) is 0 Å². The molecule has 168 valence electrons. The van der Waals surface area contributed by atoms with Gasteiger partial charge in [0.2, 0.25) is 5.91 Å². The lowest BCUT2D eigenvalue weighted by Gasteiger charge is -2.19. The molecule has 0 bridgehead atoms. The molecule has 1 amide bonds. The van der Waals surface area contributed by atoms with Gasteiger partial charge in [0.15, 0.2) is 0 Å². The number of likely N-dealkylation sites (N-methyl/N-ethyl adjacent to an activating group) is 1. The van der Waals surface area contributed by atoms with Gasteiger partial charge in [-0.3, -0.25) is 14.4 Å². The van der Waals surface area contributed by atoms with Crippen LogP contribution in [0.3, 0.4) is 0 Å². The van der Waals surface area contributed by atoms with Crippen LogP contribution in [0.25, 0.3) is 5.57 Å². The zero-order chi connectivity index (χ0) is 22.8. The summed E-state index contributed by atoms with van der Waals surface area (Å²) >= 11 is 6.54. The van der Waals surface area contributed by atoms with Crippen LogP contribution in [0.2, 0.25) is 5.02 Å². The molecule has 1 atom stereocenters. The smallest absolute Gasteiger partial charge is 0.303 e. The number of likely N-dealkylation sites (tertiary alicyclic amines) is 1. The highest BCUT2D eigenvalue weighted by molar-refractivity contribution is 6.31. The summed E-state index contributed by atoms with van der Waals surface area (Å²) in [6, 6.07) is 9.49. The van der Waals surface area contributed by atoms with Crippen LogP contribution in [0.4, 0.5) is 0 Å². The first-order chi connectivity index (χ1) is 15.3. The molecule has 0 unspecified atom stereocenters. The number of aromatic nitrogens is 1. The van der Waals surface area contributed by atoms with Gasteiger partial charge in [-0.05, 0) is 61.3 Å². The van der Waals surface area contributed by atoms with E-state index in [2.05, 4.69) is 4.98 Å². The van der Waals surface area contributed by atoms with Crippen molar-refractivity contribution < 1.29 is 14.7 Å². The topological polar surface area (TPSA) is 90.5 Å². The third kappa shape index (κ3) is 4.96. The minimum atomic E-state index is -0.822. The fraction of sp³-hybridized carbons (Fsp3) is 0.400. The second-order valence-electron chi connectivity index (χ2n) is 8.68. The van der Waals surface area contributed by atoms with Crippen molar-refractivity contribution in [1.82, 2.24) is 9.88 Å². The molecule has 32 heavy (non-hydrogen) atoms. The third-order valence-electron chi connectivity index (χ3n) is 6.35. The SMILES string of the molecule is CN1C(=O)CC[C@@H]1/C=C(\c1ccc(CCCC(=O)O)c(Cl)c1)c1ccc(C2CC2)c(=O)[nH]1. The highest BCUT2D eigenvalue weighted by Gasteiger charge is 2.28. The number of aryl methyl sites for hydroxylation is 1. The number of amides is 1. The van der Waals surface area contributed by atoms with Crippen LogP contribution in [0.15, 0.2) is 41.2 Å². The molecule has 2 aliphatic rings. The highest BCUT2D eigenvalue weighted by atomic mass is 35.5. The number of hydrogen-bond donors (Lipinski definition) is 2. The molecule has 7 heteroatoms. The maximum atomic E-state index is 12.7. The van der Waals surface area contributed by atoms with Crippen molar-refractivity contribution in [3.8, 4) is 0 Å². The monoisotopic (exact) mass is 454 g/mol. The summed E-state index contributed by atoms with van der Waals surface area (Å²) in [5.41, 5.74) is 4.02. The van der Waals surface area contributed by atoms with Crippen LogP contribution in [0.1, 0.15) is 66.8 Å². The molecule has 1 saturated carbocycles. The molecule has 2 fully saturated rings. The number of benzene rings is 1. The van der Waals surface area contributed by atoms with E-state index in [1.807, 2.05) is 36.4 Å². The van der Waals surface area contributed by atoms with Crippen LogP contribution >= 0.6 is 11.6 Å². The number of nitrogens with zero attached hydrogens (tertiary/aromatic N) is 1. The summed E-state index contributed by atoms with van der Waals surface area (Å²) in [6.45, 7) is 0. The number of aliphatic carboxylic acids is 1. The van der Waals surface area contributed by atoms with Gasteiger partial charge >= 0.3 is 5.97 Å². The maximum absolute atomic E-state index is 12.7. The number of H-pyrrole nitrogens is 1. The Balaban J connectivity index is 1.69. The number of aromatic amines is 1. The van der Waals surface area contributed by atoms with Crippen LogP contribution < -0.4 is 5.56 Å². The Morgan fingerprint density at radius 3 is 2.59 bits per heavy atom. The minimum absolute atomic E-state index is 0.0573. The van der Waals surface area contributed by atoms with Crippen molar-refractivity contribution in [3.63, 3.8) is 0 Å². The maximum Gasteiger partial charge on any atom is 0.303 e. The number of carbonyl (C=O) groups is 2. The fourth-order valence-corrected chi connectivity index (χ4v) is 4.54. The second kappa shape index (κ2) is 9.33. The van der Waals surface area contributed by atoms with Crippen molar-refractivity contribution in [2.45, 2.75) is 56.9 Å². The molecule has 1 aromatic carbocycles.